The van der Waals surface area contributed by atoms with Gasteiger partial charge < -0.3 is 19.4 Å². The molecule has 3 aromatic rings. The zero-order chi connectivity index (χ0) is 18.7. The molecule has 0 radical (unpaired) electrons. The molecule has 0 spiro atoms. The van der Waals surface area contributed by atoms with Crippen molar-refractivity contribution in [2.75, 3.05) is 19.5 Å². The van der Waals surface area contributed by atoms with Crippen LogP contribution in [0.15, 0.2) is 54.6 Å². The number of aryl methyl sites for hydroxylation is 1. The second kappa shape index (κ2) is 7.35. The lowest BCUT2D eigenvalue weighted by molar-refractivity contribution is 0.102. The summed E-state index contributed by atoms with van der Waals surface area (Å²) in [4.78, 5) is 12.8. The fourth-order valence-electron chi connectivity index (χ4n) is 3.06. The zero-order valence-electron chi connectivity index (χ0n) is 15.4. The van der Waals surface area contributed by atoms with Crippen LogP contribution in [-0.2, 0) is 0 Å². The summed E-state index contributed by atoms with van der Waals surface area (Å²) in [6, 6.07) is 17.0. The molecule has 1 aromatic heterocycles. The highest BCUT2D eigenvalue weighted by Gasteiger charge is 2.18. The smallest absolute Gasteiger partial charge is 0.257 e. The third-order valence-corrected chi connectivity index (χ3v) is 4.36. The van der Waals surface area contributed by atoms with E-state index in [1.807, 2.05) is 68.4 Å². The predicted molar refractivity (Wildman–Crippen MR) is 103 cm³/mol. The molecule has 0 saturated carbocycles. The number of hydrogen-bond donors (Lipinski definition) is 1. The summed E-state index contributed by atoms with van der Waals surface area (Å²) in [6.45, 7) is 3.92. The summed E-state index contributed by atoms with van der Waals surface area (Å²) in [6.07, 6.45) is 0. The molecule has 0 aliphatic heterocycles. The number of para-hydroxylation sites is 2. The highest BCUT2D eigenvalue weighted by molar-refractivity contribution is 6.06. The summed E-state index contributed by atoms with van der Waals surface area (Å²) >= 11 is 0. The van der Waals surface area contributed by atoms with Gasteiger partial charge in [0.25, 0.3) is 5.91 Å². The van der Waals surface area contributed by atoms with Crippen molar-refractivity contribution in [1.29, 1.82) is 0 Å². The molecule has 134 valence electrons. The standard InChI is InChI=1S/C21H22N2O3/c1-14-13-18(21(24)22-19-7-5-6-8-20(19)26-4)15(2)23(14)16-9-11-17(25-3)12-10-16/h5-13H,1-4H3,(H,22,24). The molecule has 1 N–H and O–H groups in total. The van der Waals surface area contributed by atoms with Gasteiger partial charge in [-0.05, 0) is 56.3 Å². The number of ether oxygens (including phenoxy) is 2. The maximum absolute atomic E-state index is 12.8. The van der Waals surface area contributed by atoms with Crippen LogP contribution in [0, 0.1) is 13.8 Å². The number of anilines is 1. The first-order valence-electron chi connectivity index (χ1n) is 8.33. The first kappa shape index (κ1) is 17.6. The molecule has 5 nitrogen and oxygen atoms in total. The van der Waals surface area contributed by atoms with Gasteiger partial charge >= 0.3 is 0 Å². The monoisotopic (exact) mass is 350 g/mol. The Kier molecular flexibility index (Phi) is 4.98. The van der Waals surface area contributed by atoms with Gasteiger partial charge in [-0.3, -0.25) is 4.79 Å². The fourth-order valence-corrected chi connectivity index (χ4v) is 3.06. The van der Waals surface area contributed by atoms with Crippen LogP contribution in [0.1, 0.15) is 21.7 Å². The number of benzene rings is 2. The highest BCUT2D eigenvalue weighted by Crippen LogP contribution is 2.26. The second-order valence-corrected chi connectivity index (χ2v) is 5.97. The van der Waals surface area contributed by atoms with Crippen molar-refractivity contribution in [2.24, 2.45) is 0 Å². The predicted octanol–water partition coefficient (Wildman–Crippen LogP) is 4.36. The van der Waals surface area contributed by atoms with Crippen molar-refractivity contribution in [3.05, 3.63) is 71.5 Å². The molecule has 2 aromatic carbocycles. The number of nitrogens with one attached hydrogen (secondary N) is 1. The number of carbonyl (C=O) groups is 1. The van der Waals surface area contributed by atoms with E-state index in [4.69, 9.17) is 9.47 Å². The summed E-state index contributed by atoms with van der Waals surface area (Å²) in [5.74, 6) is 1.26. The molecular formula is C21H22N2O3. The van der Waals surface area contributed by atoms with E-state index >= 15 is 0 Å². The van der Waals surface area contributed by atoms with Crippen molar-refractivity contribution in [1.82, 2.24) is 4.57 Å². The van der Waals surface area contributed by atoms with Crippen LogP contribution >= 0.6 is 0 Å². The minimum Gasteiger partial charge on any atom is -0.497 e. The minimum atomic E-state index is -0.164. The van der Waals surface area contributed by atoms with Gasteiger partial charge in [-0.25, -0.2) is 0 Å². The second-order valence-electron chi connectivity index (χ2n) is 5.97. The van der Waals surface area contributed by atoms with Gasteiger partial charge in [0.2, 0.25) is 0 Å². The van der Waals surface area contributed by atoms with E-state index in [1.165, 1.54) is 0 Å². The van der Waals surface area contributed by atoms with Crippen molar-refractivity contribution in [3.8, 4) is 17.2 Å². The minimum absolute atomic E-state index is 0.164. The lowest BCUT2D eigenvalue weighted by atomic mass is 10.2. The van der Waals surface area contributed by atoms with Crippen LogP contribution < -0.4 is 14.8 Å². The normalized spacial score (nSPS) is 10.5. The summed E-state index contributed by atoms with van der Waals surface area (Å²) in [5.41, 5.74) is 4.12. The molecule has 5 heteroatoms. The van der Waals surface area contributed by atoms with Gasteiger partial charge in [-0.2, -0.15) is 0 Å². The third-order valence-electron chi connectivity index (χ3n) is 4.36. The SMILES string of the molecule is COc1ccc(-n2c(C)cc(C(=O)Nc3ccccc3OC)c2C)cc1. The Morgan fingerprint density at radius 2 is 1.65 bits per heavy atom. The topological polar surface area (TPSA) is 52.5 Å². The van der Waals surface area contributed by atoms with E-state index in [0.29, 0.717) is 17.0 Å². The molecule has 3 rings (SSSR count). The Morgan fingerprint density at radius 3 is 2.31 bits per heavy atom. The average molecular weight is 350 g/mol. The summed E-state index contributed by atoms with van der Waals surface area (Å²) in [7, 11) is 3.22. The highest BCUT2D eigenvalue weighted by atomic mass is 16.5. The van der Waals surface area contributed by atoms with Crippen molar-refractivity contribution in [3.63, 3.8) is 0 Å². The largest absolute Gasteiger partial charge is 0.497 e. The molecule has 0 aliphatic carbocycles. The van der Waals surface area contributed by atoms with Crippen molar-refractivity contribution in [2.45, 2.75) is 13.8 Å². The van der Waals surface area contributed by atoms with Gasteiger partial charge in [0.1, 0.15) is 11.5 Å². The van der Waals surface area contributed by atoms with E-state index in [1.54, 1.807) is 14.2 Å². The Labute approximate surface area is 153 Å². The van der Waals surface area contributed by atoms with Crippen LogP contribution in [0.25, 0.3) is 5.69 Å². The first-order chi connectivity index (χ1) is 12.5. The number of nitrogens with zero attached hydrogens (tertiary/aromatic N) is 1. The molecule has 0 aliphatic rings. The van der Waals surface area contributed by atoms with Gasteiger partial charge in [0.05, 0.1) is 25.5 Å². The van der Waals surface area contributed by atoms with Crippen molar-refractivity contribution < 1.29 is 14.3 Å². The van der Waals surface area contributed by atoms with Gasteiger partial charge in [0, 0.05) is 17.1 Å². The number of aromatic nitrogens is 1. The maximum Gasteiger partial charge on any atom is 0.257 e. The summed E-state index contributed by atoms with van der Waals surface area (Å²) < 4.78 is 12.6. The van der Waals surface area contributed by atoms with E-state index in [9.17, 15) is 4.79 Å². The van der Waals surface area contributed by atoms with Crippen molar-refractivity contribution >= 4 is 11.6 Å². The lowest BCUT2D eigenvalue weighted by Crippen LogP contribution is -2.13. The quantitative estimate of drug-likeness (QED) is 0.744. The van der Waals surface area contributed by atoms with Crippen LogP contribution in [-0.4, -0.2) is 24.7 Å². The Bertz CT molecular complexity index is 927. The van der Waals surface area contributed by atoms with Gasteiger partial charge in [0.15, 0.2) is 0 Å². The van der Waals surface area contributed by atoms with E-state index in [0.717, 1.165) is 22.8 Å². The molecular weight excluding hydrogens is 328 g/mol. The van der Waals surface area contributed by atoms with E-state index in [-0.39, 0.29) is 5.91 Å². The molecule has 0 saturated heterocycles. The first-order valence-corrected chi connectivity index (χ1v) is 8.33. The molecule has 26 heavy (non-hydrogen) atoms. The lowest BCUT2D eigenvalue weighted by Gasteiger charge is -2.12. The van der Waals surface area contributed by atoms with E-state index < -0.39 is 0 Å². The average Bonchev–Trinajstić information content (AvgIpc) is 2.96. The number of methoxy groups -OCH3 is 2. The van der Waals surface area contributed by atoms with Crippen LogP contribution in [0.2, 0.25) is 0 Å². The Hall–Kier alpha value is -3.21. The molecule has 0 fully saturated rings. The molecule has 0 atom stereocenters. The number of rotatable bonds is 5. The fraction of sp³-hybridized carbons (Fsp3) is 0.190. The van der Waals surface area contributed by atoms with Crippen LogP contribution in [0.5, 0.6) is 11.5 Å². The van der Waals surface area contributed by atoms with Crippen LogP contribution in [0.4, 0.5) is 5.69 Å². The molecule has 1 heterocycles. The maximum atomic E-state index is 12.8. The molecule has 0 unspecified atom stereocenters. The Balaban J connectivity index is 1.92. The summed E-state index contributed by atoms with van der Waals surface area (Å²) in [5, 5.41) is 2.93. The Morgan fingerprint density at radius 1 is 0.962 bits per heavy atom. The zero-order valence-corrected chi connectivity index (χ0v) is 15.4. The molecule has 0 bridgehead atoms. The van der Waals surface area contributed by atoms with Crippen LogP contribution in [0.3, 0.4) is 0 Å². The number of carbonyl (C=O) groups excluding carboxylic acids is 1. The number of amides is 1. The van der Waals surface area contributed by atoms with E-state index in [2.05, 4.69) is 9.88 Å². The molecule has 1 amide bonds. The van der Waals surface area contributed by atoms with Gasteiger partial charge in [-0.1, -0.05) is 12.1 Å². The number of hydrogen-bond acceptors (Lipinski definition) is 3. The third kappa shape index (κ3) is 3.28. The van der Waals surface area contributed by atoms with Gasteiger partial charge in [-0.15, -0.1) is 0 Å².